The van der Waals surface area contributed by atoms with E-state index in [9.17, 15) is 9.59 Å². The topological polar surface area (TPSA) is 87.5 Å². The lowest BCUT2D eigenvalue weighted by Gasteiger charge is -2.14. The highest BCUT2D eigenvalue weighted by molar-refractivity contribution is 5.95. The van der Waals surface area contributed by atoms with Crippen molar-refractivity contribution in [2.75, 3.05) is 26.2 Å². The Morgan fingerprint density at radius 1 is 1.50 bits per heavy atom. The number of urea groups is 1. The van der Waals surface area contributed by atoms with Gasteiger partial charge in [-0.15, -0.1) is 12.4 Å². The molecule has 3 amide bonds. The maximum Gasteiger partial charge on any atom is 0.321 e. The summed E-state index contributed by atoms with van der Waals surface area (Å²) in [6.45, 7) is 4.09. The summed E-state index contributed by atoms with van der Waals surface area (Å²) in [6.07, 6.45) is 0.911. The normalized spacial score (nSPS) is 20.0. The van der Waals surface area contributed by atoms with E-state index in [1.54, 1.807) is 6.92 Å². The number of carbonyl (C=O) groups is 2. The molecule has 0 bridgehead atoms. The molecule has 7 heteroatoms. The molecular weight excluding hydrogens is 232 g/mol. The number of nitrogens with one attached hydrogen (secondary N) is 2. The number of carbonyl (C=O) groups excluding carboxylic acids is 2. The molecule has 0 aromatic rings. The van der Waals surface area contributed by atoms with Gasteiger partial charge in [-0.05, 0) is 13.3 Å². The van der Waals surface area contributed by atoms with Crippen molar-refractivity contribution < 1.29 is 9.59 Å². The summed E-state index contributed by atoms with van der Waals surface area (Å²) in [4.78, 5) is 24.3. The molecule has 1 fully saturated rings. The Hall–Kier alpha value is -0.850. The van der Waals surface area contributed by atoms with Crippen LogP contribution in [0.1, 0.15) is 13.3 Å². The lowest BCUT2D eigenvalue weighted by atomic mass is 10.3. The van der Waals surface area contributed by atoms with Crippen molar-refractivity contribution in [3.8, 4) is 0 Å². The molecule has 1 rings (SSSR count). The van der Waals surface area contributed by atoms with Gasteiger partial charge in [0.2, 0.25) is 5.91 Å². The molecule has 1 aliphatic heterocycles. The van der Waals surface area contributed by atoms with E-state index in [0.717, 1.165) is 19.5 Å². The fourth-order valence-electron chi connectivity index (χ4n) is 1.58. The van der Waals surface area contributed by atoms with Crippen molar-refractivity contribution in [1.82, 2.24) is 15.5 Å². The van der Waals surface area contributed by atoms with Crippen molar-refractivity contribution in [1.29, 1.82) is 0 Å². The van der Waals surface area contributed by atoms with Gasteiger partial charge in [0.25, 0.3) is 0 Å². The van der Waals surface area contributed by atoms with E-state index in [1.807, 2.05) is 4.90 Å². The third-order valence-corrected chi connectivity index (χ3v) is 2.27. The number of imide groups is 1. The minimum atomic E-state index is -0.439. The van der Waals surface area contributed by atoms with E-state index in [0.29, 0.717) is 6.54 Å². The second kappa shape index (κ2) is 7.43. The summed E-state index contributed by atoms with van der Waals surface area (Å²) in [6, 6.07) is -0.284. The molecule has 1 heterocycles. The highest BCUT2D eigenvalue weighted by Crippen LogP contribution is 2.05. The summed E-state index contributed by atoms with van der Waals surface area (Å²) < 4.78 is 0. The van der Waals surface area contributed by atoms with Crippen molar-refractivity contribution in [3.63, 3.8) is 0 Å². The van der Waals surface area contributed by atoms with E-state index in [-0.39, 0.29) is 30.9 Å². The zero-order valence-electron chi connectivity index (χ0n) is 9.36. The maximum atomic E-state index is 11.3. The molecule has 0 unspecified atom stereocenters. The average molecular weight is 251 g/mol. The number of hydrogen-bond acceptors (Lipinski definition) is 4. The smallest absolute Gasteiger partial charge is 0.321 e. The second-order valence-electron chi connectivity index (χ2n) is 3.69. The van der Waals surface area contributed by atoms with Gasteiger partial charge in [0, 0.05) is 25.7 Å². The largest absolute Gasteiger partial charge is 0.338 e. The molecule has 94 valence electrons. The molecule has 16 heavy (non-hydrogen) atoms. The first-order valence-electron chi connectivity index (χ1n) is 5.17. The highest BCUT2D eigenvalue weighted by atomic mass is 35.5. The molecule has 0 saturated carbocycles. The predicted octanol–water partition coefficient (Wildman–Crippen LogP) is -0.713. The first-order valence-corrected chi connectivity index (χ1v) is 5.17. The quantitative estimate of drug-likeness (QED) is 0.617. The van der Waals surface area contributed by atoms with Crippen LogP contribution in [0.25, 0.3) is 0 Å². The van der Waals surface area contributed by atoms with Crippen LogP contribution in [0.3, 0.4) is 0 Å². The monoisotopic (exact) mass is 250 g/mol. The average Bonchev–Trinajstić information content (AvgIpc) is 2.51. The minimum Gasteiger partial charge on any atom is -0.338 e. The van der Waals surface area contributed by atoms with E-state index in [2.05, 4.69) is 10.6 Å². The Kier molecular flexibility index (Phi) is 7.03. The fourth-order valence-corrected chi connectivity index (χ4v) is 1.58. The van der Waals surface area contributed by atoms with Gasteiger partial charge in [-0.25, -0.2) is 4.79 Å². The van der Waals surface area contributed by atoms with Gasteiger partial charge in [0.15, 0.2) is 0 Å². The predicted molar refractivity (Wildman–Crippen MR) is 63.5 cm³/mol. The Morgan fingerprint density at radius 2 is 2.19 bits per heavy atom. The van der Waals surface area contributed by atoms with Gasteiger partial charge in [0.1, 0.15) is 0 Å². The molecule has 0 radical (unpaired) electrons. The molecule has 6 nitrogen and oxygen atoms in total. The number of amides is 3. The zero-order valence-corrected chi connectivity index (χ0v) is 10.2. The third kappa shape index (κ3) is 5.29. The van der Waals surface area contributed by atoms with E-state index in [1.165, 1.54) is 0 Å². The first-order chi connectivity index (χ1) is 7.11. The van der Waals surface area contributed by atoms with Crippen LogP contribution in [0.15, 0.2) is 0 Å². The molecule has 1 saturated heterocycles. The van der Waals surface area contributed by atoms with E-state index in [4.69, 9.17) is 5.73 Å². The third-order valence-electron chi connectivity index (χ3n) is 2.27. The Balaban J connectivity index is 0.00000225. The SMILES string of the molecule is CCNC(=O)NC(=O)CN1CC[C@H](N)C1.Cl. The molecule has 0 spiro atoms. The standard InChI is InChI=1S/C9H18N4O2.ClH/c1-2-11-9(15)12-8(14)6-13-4-3-7(10)5-13;/h7H,2-6,10H2,1H3,(H2,11,12,14,15);1H/t7-;/m0./s1. The lowest BCUT2D eigenvalue weighted by Crippen LogP contribution is -2.44. The van der Waals surface area contributed by atoms with Crippen molar-refractivity contribution in [3.05, 3.63) is 0 Å². The van der Waals surface area contributed by atoms with E-state index >= 15 is 0 Å². The number of halogens is 1. The summed E-state index contributed by atoms with van der Waals surface area (Å²) in [5.41, 5.74) is 5.70. The minimum absolute atomic E-state index is 0. The number of hydrogen-bond donors (Lipinski definition) is 3. The fraction of sp³-hybridized carbons (Fsp3) is 0.778. The van der Waals surface area contributed by atoms with Crippen LogP contribution in [0.5, 0.6) is 0 Å². The molecule has 0 aliphatic carbocycles. The second-order valence-corrected chi connectivity index (χ2v) is 3.69. The molecular formula is C9H19ClN4O2. The maximum absolute atomic E-state index is 11.3. The van der Waals surface area contributed by atoms with Crippen LogP contribution in [-0.2, 0) is 4.79 Å². The Morgan fingerprint density at radius 3 is 2.69 bits per heavy atom. The van der Waals surface area contributed by atoms with E-state index < -0.39 is 6.03 Å². The molecule has 1 atom stereocenters. The lowest BCUT2D eigenvalue weighted by molar-refractivity contribution is -0.120. The van der Waals surface area contributed by atoms with Crippen LogP contribution in [0, 0.1) is 0 Å². The van der Waals surface area contributed by atoms with Gasteiger partial charge < -0.3 is 11.1 Å². The number of nitrogens with zero attached hydrogens (tertiary/aromatic N) is 1. The van der Waals surface area contributed by atoms with Crippen LogP contribution in [0.4, 0.5) is 4.79 Å². The van der Waals surface area contributed by atoms with Crippen LogP contribution in [-0.4, -0.2) is 49.1 Å². The van der Waals surface area contributed by atoms with Crippen LogP contribution >= 0.6 is 12.4 Å². The van der Waals surface area contributed by atoms with Crippen LogP contribution < -0.4 is 16.4 Å². The number of nitrogens with two attached hydrogens (primary N) is 1. The number of rotatable bonds is 3. The summed E-state index contributed by atoms with van der Waals surface area (Å²) >= 11 is 0. The molecule has 0 aromatic carbocycles. The van der Waals surface area contributed by atoms with Gasteiger partial charge in [0.05, 0.1) is 6.54 Å². The molecule has 0 aromatic heterocycles. The summed E-state index contributed by atoms with van der Waals surface area (Å²) in [5.74, 6) is -0.282. The number of likely N-dealkylation sites (tertiary alicyclic amines) is 1. The van der Waals surface area contributed by atoms with Crippen molar-refractivity contribution in [2.24, 2.45) is 5.73 Å². The van der Waals surface area contributed by atoms with Gasteiger partial charge in [-0.1, -0.05) is 0 Å². The summed E-state index contributed by atoms with van der Waals surface area (Å²) in [7, 11) is 0. The molecule has 4 N–H and O–H groups in total. The Labute approximate surface area is 101 Å². The first kappa shape index (κ1) is 15.2. The zero-order chi connectivity index (χ0) is 11.3. The van der Waals surface area contributed by atoms with Crippen molar-refractivity contribution >= 4 is 24.3 Å². The Bertz CT molecular complexity index is 250. The van der Waals surface area contributed by atoms with Gasteiger partial charge in [-0.2, -0.15) is 0 Å². The van der Waals surface area contributed by atoms with Crippen LogP contribution in [0.2, 0.25) is 0 Å². The molecule has 1 aliphatic rings. The van der Waals surface area contributed by atoms with Gasteiger partial charge in [-0.3, -0.25) is 15.0 Å². The highest BCUT2D eigenvalue weighted by Gasteiger charge is 2.21. The van der Waals surface area contributed by atoms with Crippen molar-refractivity contribution in [2.45, 2.75) is 19.4 Å². The van der Waals surface area contributed by atoms with Gasteiger partial charge >= 0.3 is 6.03 Å². The summed E-state index contributed by atoms with van der Waals surface area (Å²) in [5, 5.41) is 4.75.